The van der Waals surface area contributed by atoms with Crippen LogP contribution >= 0.6 is 0 Å². The molecule has 0 aromatic heterocycles. The van der Waals surface area contributed by atoms with Gasteiger partial charge in [-0.15, -0.1) is 0 Å². The van der Waals surface area contributed by atoms with E-state index in [9.17, 15) is 4.79 Å². The number of rotatable bonds is 5. The van der Waals surface area contributed by atoms with Gasteiger partial charge in [0.15, 0.2) is 0 Å². The smallest absolute Gasteiger partial charge is 0.307 e. The Labute approximate surface area is 79.8 Å². The van der Waals surface area contributed by atoms with Gasteiger partial charge in [0.05, 0.1) is 13.0 Å². The van der Waals surface area contributed by atoms with Crippen LogP contribution in [-0.2, 0) is 9.53 Å². The molecule has 1 fully saturated rings. The second-order valence-corrected chi connectivity index (χ2v) is 4.12. The number of carbonyl (C=O) groups is 1. The summed E-state index contributed by atoms with van der Waals surface area (Å²) in [7, 11) is 0. The van der Waals surface area contributed by atoms with Crippen molar-refractivity contribution in [3.63, 3.8) is 0 Å². The number of hydrogen-bond donors (Lipinski definition) is 1. The van der Waals surface area contributed by atoms with Crippen LogP contribution in [0.4, 0.5) is 0 Å². The first-order valence-electron chi connectivity index (χ1n) is 4.99. The third-order valence-corrected chi connectivity index (χ3v) is 2.37. The maximum atomic E-state index is 11.1. The molecule has 1 atom stereocenters. The van der Waals surface area contributed by atoms with E-state index in [0.717, 1.165) is 0 Å². The van der Waals surface area contributed by atoms with Crippen LogP contribution in [0.2, 0.25) is 0 Å². The molecule has 0 aromatic carbocycles. The summed E-state index contributed by atoms with van der Waals surface area (Å²) in [6, 6.07) is 0.228. The standard InChI is InChI=1S/C10H19NO2/c1-4-13-9(12)7-8(2)11-10(3)5-6-10/h8,11H,4-7H2,1-3H3. The number of nitrogens with one attached hydrogen (secondary N) is 1. The summed E-state index contributed by atoms with van der Waals surface area (Å²) in [5.74, 6) is -0.105. The molecule has 0 aliphatic heterocycles. The molecule has 1 saturated carbocycles. The van der Waals surface area contributed by atoms with Gasteiger partial charge in [0.25, 0.3) is 0 Å². The van der Waals surface area contributed by atoms with E-state index >= 15 is 0 Å². The van der Waals surface area contributed by atoms with Crippen LogP contribution in [-0.4, -0.2) is 24.2 Å². The lowest BCUT2D eigenvalue weighted by Gasteiger charge is -2.18. The van der Waals surface area contributed by atoms with E-state index < -0.39 is 0 Å². The van der Waals surface area contributed by atoms with Crippen molar-refractivity contribution in [3.05, 3.63) is 0 Å². The summed E-state index contributed by atoms with van der Waals surface area (Å²) < 4.78 is 4.87. The van der Waals surface area contributed by atoms with E-state index in [0.29, 0.717) is 18.6 Å². The Kier molecular flexibility index (Phi) is 3.31. The van der Waals surface area contributed by atoms with Crippen LogP contribution in [0.3, 0.4) is 0 Å². The molecule has 0 heterocycles. The van der Waals surface area contributed by atoms with Crippen LogP contribution in [0.25, 0.3) is 0 Å². The normalized spacial score (nSPS) is 20.8. The SMILES string of the molecule is CCOC(=O)CC(C)NC1(C)CC1. The van der Waals surface area contributed by atoms with Crippen LogP contribution in [0.1, 0.15) is 40.0 Å². The van der Waals surface area contributed by atoms with E-state index in [4.69, 9.17) is 4.74 Å². The van der Waals surface area contributed by atoms with Gasteiger partial charge in [0.1, 0.15) is 0 Å². The van der Waals surface area contributed by atoms with Gasteiger partial charge < -0.3 is 10.1 Å². The molecule has 1 aliphatic rings. The predicted octanol–water partition coefficient (Wildman–Crippen LogP) is 1.47. The Hall–Kier alpha value is -0.570. The van der Waals surface area contributed by atoms with Crippen molar-refractivity contribution in [2.24, 2.45) is 0 Å². The second kappa shape index (κ2) is 4.09. The third-order valence-electron chi connectivity index (χ3n) is 2.37. The number of carbonyl (C=O) groups excluding carboxylic acids is 1. The van der Waals surface area contributed by atoms with Crippen LogP contribution in [0, 0.1) is 0 Å². The Balaban J connectivity index is 2.16. The highest BCUT2D eigenvalue weighted by atomic mass is 16.5. The largest absolute Gasteiger partial charge is 0.466 e. The summed E-state index contributed by atoms with van der Waals surface area (Å²) >= 11 is 0. The lowest BCUT2D eigenvalue weighted by atomic mass is 10.2. The minimum Gasteiger partial charge on any atom is -0.466 e. The van der Waals surface area contributed by atoms with Crippen molar-refractivity contribution in [3.8, 4) is 0 Å². The second-order valence-electron chi connectivity index (χ2n) is 4.12. The zero-order valence-corrected chi connectivity index (χ0v) is 8.72. The van der Waals surface area contributed by atoms with Gasteiger partial charge >= 0.3 is 5.97 Å². The molecule has 76 valence electrons. The number of esters is 1. The van der Waals surface area contributed by atoms with E-state index in [1.165, 1.54) is 12.8 Å². The van der Waals surface area contributed by atoms with Crippen molar-refractivity contribution in [1.82, 2.24) is 5.32 Å². The summed E-state index contributed by atoms with van der Waals surface area (Å²) in [5, 5.41) is 3.42. The van der Waals surface area contributed by atoms with E-state index in [1.807, 2.05) is 13.8 Å². The molecule has 1 N–H and O–H groups in total. The molecule has 0 bridgehead atoms. The zero-order chi connectivity index (χ0) is 9.90. The van der Waals surface area contributed by atoms with Gasteiger partial charge in [0, 0.05) is 11.6 Å². The fourth-order valence-electron chi connectivity index (χ4n) is 1.45. The van der Waals surface area contributed by atoms with E-state index in [-0.39, 0.29) is 12.0 Å². The van der Waals surface area contributed by atoms with Gasteiger partial charge in [-0.2, -0.15) is 0 Å². The lowest BCUT2D eigenvalue weighted by molar-refractivity contribution is -0.143. The predicted molar refractivity (Wildman–Crippen MR) is 51.5 cm³/mol. The van der Waals surface area contributed by atoms with Crippen LogP contribution in [0.5, 0.6) is 0 Å². The lowest BCUT2D eigenvalue weighted by Crippen LogP contribution is -2.37. The average molecular weight is 185 g/mol. The highest BCUT2D eigenvalue weighted by molar-refractivity contribution is 5.70. The Morgan fingerprint density at radius 3 is 2.69 bits per heavy atom. The molecule has 3 heteroatoms. The molecule has 0 radical (unpaired) electrons. The Morgan fingerprint density at radius 2 is 2.23 bits per heavy atom. The Morgan fingerprint density at radius 1 is 1.62 bits per heavy atom. The topological polar surface area (TPSA) is 38.3 Å². The first-order chi connectivity index (χ1) is 6.06. The van der Waals surface area contributed by atoms with Gasteiger partial charge in [-0.1, -0.05) is 0 Å². The summed E-state index contributed by atoms with van der Waals surface area (Å²) in [6.07, 6.45) is 2.92. The number of ether oxygens (including phenoxy) is 1. The van der Waals surface area contributed by atoms with E-state index in [1.54, 1.807) is 0 Å². The molecule has 0 spiro atoms. The van der Waals surface area contributed by atoms with Gasteiger partial charge in [-0.05, 0) is 33.6 Å². The first kappa shape index (κ1) is 10.5. The minimum absolute atomic E-state index is 0.105. The van der Waals surface area contributed by atoms with E-state index in [2.05, 4.69) is 12.2 Å². The highest BCUT2D eigenvalue weighted by Gasteiger charge is 2.38. The number of hydrogen-bond acceptors (Lipinski definition) is 3. The fourth-order valence-corrected chi connectivity index (χ4v) is 1.45. The molecular formula is C10H19NO2. The average Bonchev–Trinajstić information content (AvgIpc) is 2.67. The van der Waals surface area contributed by atoms with Crippen molar-refractivity contribution in [2.75, 3.05) is 6.61 Å². The van der Waals surface area contributed by atoms with Crippen molar-refractivity contribution in [2.45, 2.75) is 51.6 Å². The van der Waals surface area contributed by atoms with Crippen LogP contribution < -0.4 is 5.32 Å². The van der Waals surface area contributed by atoms with Gasteiger partial charge in [-0.3, -0.25) is 4.79 Å². The summed E-state index contributed by atoms with van der Waals surface area (Å²) in [6.45, 7) is 6.52. The molecular weight excluding hydrogens is 166 g/mol. The highest BCUT2D eigenvalue weighted by Crippen LogP contribution is 2.34. The van der Waals surface area contributed by atoms with Crippen molar-refractivity contribution >= 4 is 5.97 Å². The summed E-state index contributed by atoms with van der Waals surface area (Å²) in [5.41, 5.74) is 0.298. The van der Waals surface area contributed by atoms with Crippen molar-refractivity contribution < 1.29 is 9.53 Å². The van der Waals surface area contributed by atoms with Crippen LogP contribution in [0.15, 0.2) is 0 Å². The van der Waals surface area contributed by atoms with Gasteiger partial charge in [-0.25, -0.2) is 0 Å². The minimum atomic E-state index is -0.105. The molecule has 1 unspecified atom stereocenters. The molecule has 0 amide bonds. The molecule has 1 aliphatic carbocycles. The summed E-state index contributed by atoms with van der Waals surface area (Å²) in [4.78, 5) is 11.1. The maximum Gasteiger partial charge on any atom is 0.307 e. The zero-order valence-electron chi connectivity index (χ0n) is 8.72. The molecule has 13 heavy (non-hydrogen) atoms. The van der Waals surface area contributed by atoms with Gasteiger partial charge in [0.2, 0.25) is 0 Å². The monoisotopic (exact) mass is 185 g/mol. The first-order valence-corrected chi connectivity index (χ1v) is 4.99. The fraction of sp³-hybridized carbons (Fsp3) is 0.900. The Bertz CT molecular complexity index is 187. The third kappa shape index (κ3) is 3.77. The molecule has 0 aromatic rings. The maximum absolute atomic E-state index is 11.1. The molecule has 0 saturated heterocycles. The molecule has 3 nitrogen and oxygen atoms in total. The quantitative estimate of drug-likeness (QED) is 0.659. The molecule has 1 rings (SSSR count). The van der Waals surface area contributed by atoms with Crippen molar-refractivity contribution in [1.29, 1.82) is 0 Å².